The quantitative estimate of drug-likeness (QED) is 0.426. The summed E-state index contributed by atoms with van der Waals surface area (Å²) in [6.45, 7) is 5.61. The number of aromatic nitrogens is 3. The number of carbonyl (C=O) groups excluding carboxylic acids is 1. The standard InChI is InChI=1S/C25H26N4O4/c1-4-6-7-16(5-2)8-9-17-14-20(22(31)15-21(17)30)24-27-28-25(23(26)32)29(24)18-10-12-19(33-3)13-11-18/h4-7,10-15,30-31H,1,8-9H2,2-3H3,(H2,26,32)/b7-6-,16-5+. The molecular formula is C25H26N4O4. The van der Waals surface area contributed by atoms with Crippen molar-refractivity contribution in [2.45, 2.75) is 19.8 Å². The molecule has 8 heteroatoms. The number of benzene rings is 2. The Kier molecular flexibility index (Phi) is 7.30. The summed E-state index contributed by atoms with van der Waals surface area (Å²) in [4.78, 5) is 12.0. The third-order valence-electron chi connectivity index (χ3n) is 5.15. The molecule has 1 amide bonds. The molecule has 8 nitrogen and oxygen atoms in total. The van der Waals surface area contributed by atoms with Crippen LogP contribution in [-0.2, 0) is 6.42 Å². The van der Waals surface area contributed by atoms with Gasteiger partial charge in [0.15, 0.2) is 5.82 Å². The van der Waals surface area contributed by atoms with E-state index in [1.807, 2.05) is 25.2 Å². The molecule has 0 unspecified atom stereocenters. The minimum absolute atomic E-state index is 0.0370. The van der Waals surface area contributed by atoms with Gasteiger partial charge in [0.05, 0.1) is 12.7 Å². The molecule has 33 heavy (non-hydrogen) atoms. The zero-order valence-electron chi connectivity index (χ0n) is 18.5. The monoisotopic (exact) mass is 446 g/mol. The highest BCUT2D eigenvalue weighted by Crippen LogP contribution is 2.36. The molecule has 0 saturated heterocycles. The molecule has 0 saturated carbocycles. The van der Waals surface area contributed by atoms with E-state index in [-0.39, 0.29) is 23.1 Å². The fourth-order valence-electron chi connectivity index (χ4n) is 3.39. The highest BCUT2D eigenvalue weighted by Gasteiger charge is 2.22. The van der Waals surface area contributed by atoms with Crippen LogP contribution in [0.15, 0.2) is 72.9 Å². The molecule has 0 aliphatic heterocycles. The number of amides is 1. The summed E-state index contributed by atoms with van der Waals surface area (Å²) in [5.74, 6) is -0.249. The number of carbonyl (C=O) groups is 1. The topological polar surface area (TPSA) is 123 Å². The van der Waals surface area contributed by atoms with Gasteiger partial charge >= 0.3 is 0 Å². The molecule has 0 atom stereocenters. The van der Waals surface area contributed by atoms with E-state index in [1.165, 1.54) is 10.6 Å². The lowest BCUT2D eigenvalue weighted by Gasteiger charge is -2.13. The maximum absolute atomic E-state index is 12.0. The number of nitrogens with two attached hydrogens (primary N) is 1. The number of phenols is 2. The lowest BCUT2D eigenvalue weighted by molar-refractivity contribution is 0.0988. The summed E-state index contributed by atoms with van der Waals surface area (Å²) in [7, 11) is 1.55. The number of rotatable bonds is 9. The highest BCUT2D eigenvalue weighted by molar-refractivity contribution is 5.90. The zero-order valence-corrected chi connectivity index (χ0v) is 18.5. The van der Waals surface area contributed by atoms with Crippen LogP contribution in [0.5, 0.6) is 17.2 Å². The Morgan fingerprint density at radius 2 is 1.91 bits per heavy atom. The largest absolute Gasteiger partial charge is 0.508 e. The molecule has 0 aliphatic rings. The Morgan fingerprint density at radius 3 is 2.52 bits per heavy atom. The maximum Gasteiger partial charge on any atom is 0.287 e. The van der Waals surface area contributed by atoms with Gasteiger partial charge in [0, 0.05) is 11.8 Å². The summed E-state index contributed by atoms with van der Waals surface area (Å²) >= 11 is 0. The van der Waals surface area contributed by atoms with Crippen LogP contribution in [0.1, 0.15) is 29.5 Å². The molecule has 2 aromatic carbocycles. The van der Waals surface area contributed by atoms with Gasteiger partial charge in [-0.05, 0) is 55.7 Å². The summed E-state index contributed by atoms with van der Waals surface area (Å²) in [6.07, 6.45) is 8.65. The molecule has 1 heterocycles. The summed E-state index contributed by atoms with van der Waals surface area (Å²) in [6, 6.07) is 9.80. The first-order valence-corrected chi connectivity index (χ1v) is 10.3. The fourth-order valence-corrected chi connectivity index (χ4v) is 3.39. The van der Waals surface area contributed by atoms with Crippen LogP contribution in [0.4, 0.5) is 0 Å². The van der Waals surface area contributed by atoms with Gasteiger partial charge in [0.25, 0.3) is 5.91 Å². The Labute approximate surface area is 192 Å². The van der Waals surface area contributed by atoms with E-state index in [4.69, 9.17) is 10.5 Å². The second-order valence-electron chi connectivity index (χ2n) is 7.20. The van der Waals surface area contributed by atoms with Gasteiger partial charge in [0.2, 0.25) is 5.82 Å². The van der Waals surface area contributed by atoms with Gasteiger partial charge in [-0.15, -0.1) is 10.2 Å². The van der Waals surface area contributed by atoms with Crippen LogP contribution >= 0.6 is 0 Å². The maximum atomic E-state index is 12.0. The average molecular weight is 447 g/mol. The molecule has 0 spiro atoms. The Hall–Kier alpha value is -4.33. The van der Waals surface area contributed by atoms with E-state index >= 15 is 0 Å². The number of ether oxygens (including phenoxy) is 1. The molecule has 1 aromatic heterocycles. The fraction of sp³-hybridized carbons (Fsp3) is 0.160. The van der Waals surface area contributed by atoms with Crippen LogP contribution in [0.25, 0.3) is 17.1 Å². The van der Waals surface area contributed by atoms with Gasteiger partial charge in [-0.1, -0.05) is 36.5 Å². The van der Waals surface area contributed by atoms with E-state index in [1.54, 1.807) is 43.5 Å². The lowest BCUT2D eigenvalue weighted by atomic mass is 10.00. The predicted octanol–water partition coefficient (Wildman–Crippen LogP) is 4.07. The Bertz CT molecular complexity index is 1220. The van der Waals surface area contributed by atoms with E-state index in [9.17, 15) is 15.0 Å². The van der Waals surface area contributed by atoms with Crippen molar-refractivity contribution < 1.29 is 19.7 Å². The Balaban J connectivity index is 2.07. The molecule has 0 fully saturated rings. The van der Waals surface area contributed by atoms with Crippen LogP contribution in [0.3, 0.4) is 0 Å². The second kappa shape index (κ2) is 10.3. The third-order valence-corrected chi connectivity index (χ3v) is 5.15. The number of allylic oxidation sites excluding steroid dienone is 5. The number of aromatic hydroxyl groups is 2. The first kappa shape index (κ1) is 23.3. The minimum atomic E-state index is -0.769. The first-order chi connectivity index (χ1) is 15.9. The van der Waals surface area contributed by atoms with Crippen molar-refractivity contribution in [3.63, 3.8) is 0 Å². The number of phenolic OH excluding ortho intramolecular Hbond substituents is 2. The summed E-state index contributed by atoms with van der Waals surface area (Å²) in [5.41, 5.74) is 8.07. The first-order valence-electron chi connectivity index (χ1n) is 10.3. The molecular weight excluding hydrogens is 420 g/mol. The molecule has 0 bridgehead atoms. The van der Waals surface area contributed by atoms with E-state index < -0.39 is 5.91 Å². The van der Waals surface area contributed by atoms with Gasteiger partial charge in [-0.2, -0.15) is 0 Å². The number of primary amides is 1. The van der Waals surface area contributed by atoms with Crippen LogP contribution in [0, 0.1) is 0 Å². The molecule has 3 rings (SSSR count). The SMILES string of the molecule is C=C/C=C\C(=C/C)CCc1cc(-c2nnc(C(N)=O)n2-c2ccc(OC)cc2)c(O)cc1O. The van der Waals surface area contributed by atoms with Crippen LogP contribution in [-0.4, -0.2) is 38.0 Å². The van der Waals surface area contributed by atoms with E-state index in [0.717, 1.165) is 5.57 Å². The van der Waals surface area contributed by atoms with Gasteiger partial charge in [0.1, 0.15) is 17.2 Å². The van der Waals surface area contributed by atoms with Gasteiger partial charge in [-0.3, -0.25) is 9.36 Å². The number of nitrogens with zero attached hydrogens (tertiary/aromatic N) is 3. The molecule has 4 N–H and O–H groups in total. The smallest absolute Gasteiger partial charge is 0.287 e. The Morgan fingerprint density at radius 1 is 1.18 bits per heavy atom. The van der Waals surface area contributed by atoms with Crippen molar-refractivity contribution >= 4 is 5.91 Å². The average Bonchev–Trinajstić information content (AvgIpc) is 3.25. The highest BCUT2D eigenvalue weighted by atomic mass is 16.5. The molecule has 0 aliphatic carbocycles. The van der Waals surface area contributed by atoms with Crippen molar-refractivity contribution in [3.05, 3.63) is 84.2 Å². The van der Waals surface area contributed by atoms with Crippen molar-refractivity contribution in [3.8, 4) is 34.3 Å². The number of methoxy groups -OCH3 is 1. The zero-order chi connectivity index (χ0) is 24.0. The summed E-state index contributed by atoms with van der Waals surface area (Å²) in [5, 5.41) is 29.1. The van der Waals surface area contributed by atoms with Gasteiger partial charge < -0.3 is 20.7 Å². The van der Waals surface area contributed by atoms with Gasteiger partial charge in [-0.25, -0.2) is 0 Å². The van der Waals surface area contributed by atoms with Crippen molar-refractivity contribution in [1.29, 1.82) is 0 Å². The normalized spacial score (nSPS) is 11.6. The van der Waals surface area contributed by atoms with E-state index in [0.29, 0.717) is 35.4 Å². The van der Waals surface area contributed by atoms with Crippen molar-refractivity contribution in [2.24, 2.45) is 5.73 Å². The van der Waals surface area contributed by atoms with Crippen molar-refractivity contribution in [1.82, 2.24) is 14.8 Å². The van der Waals surface area contributed by atoms with Crippen LogP contribution < -0.4 is 10.5 Å². The predicted molar refractivity (Wildman–Crippen MR) is 127 cm³/mol. The number of hydrogen-bond donors (Lipinski definition) is 3. The number of hydrogen-bond acceptors (Lipinski definition) is 6. The third kappa shape index (κ3) is 5.12. The second-order valence-corrected chi connectivity index (χ2v) is 7.20. The molecule has 3 aromatic rings. The lowest BCUT2D eigenvalue weighted by Crippen LogP contribution is -2.17. The molecule has 0 radical (unpaired) electrons. The minimum Gasteiger partial charge on any atom is -0.508 e. The summed E-state index contributed by atoms with van der Waals surface area (Å²) < 4.78 is 6.65. The van der Waals surface area contributed by atoms with E-state index in [2.05, 4.69) is 16.8 Å². The number of aryl methyl sites for hydroxylation is 1. The molecule has 170 valence electrons. The van der Waals surface area contributed by atoms with Crippen LogP contribution in [0.2, 0.25) is 0 Å². The van der Waals surface area contributed by atoms with Crippen molar-refractivity contribution in [2.75, 3.05) is 7.11 Å².